The Hall–Kier alpha value is -2.90. The molecule has 8 heteroatoms. The summed E-state index contributed by atoms with van der Waals surface area (Å²) in [5.41, 5.74) is 1.02. The van der Waals surface area contributed by atoms with Gasteiger partial charge in [-0.05, 0) is 56.7 Å². The van der Waals surface area contributed by atoms with Crippen LogP contribution in [0, 0.1) is 6.92 Å². The Morgan fingerprint density at radius 3 is 2.29 bits per heavy atom. The monoisotopic (exact) mass is 483 g/mol. The maximum absolute atomic E-state index is 13.8. The van der Waals surface area contributed by atoms with E-state index < -0.39 is 11.8 Å². The van der Waals surface area contributed by atoms with Crippen LogP contribution in [0.1, 0.15) is 53.0 Å². The van der Waals surface area contributed by atoms with E-state index in [0.717, 1.165) is 5.56 Å². The Balaban J connectivity index is 1.59. The van der Waals surface area contributed by atoms with Crippen molar-refractivity contribution in [1.82, 2.24) is 15.1 Å². The van der Waals surface area contributed by atoms with Crippen LogP contribution in [0.4, 0.5) is 0 Å². The van der Waals surface area contributed by atoms with Gasteiger partial charge in [0.15, 0.2) is 0 Å². The summed E-state index contributed by atoms with van der Waals surface area (Å²) in [6, 6.07) is 13.4. The lowest BCUT2D eigenvalue weighted by Gasteiger charge is -2.44. The number of likely N-dealkylation sites (tertiary alicyclic amines) is 1. The van der Waals surface area contributed by atoms with Crippen LogP contribution in [-0.2, 0) is 9.53 Å². The number of benzene rings is 2. The van der Waals surface area contributed by atoms with Gasteiger partial charge in [-0.3, -0.25) is 19.3 Å². The van der Waals surface area contributed by atoms with Crippen LogP contribution in [0.5, 0.6) is 0 Å². The van der Waals surface area contributed by atoms with Crippen molar-refractivity contribution < 1.29 is 19.1 Å². The lowest BCUT2D eigenvalue weighted by atomic mass is 9.95. The van der Waals surface area contributed by atoms with E-state index in [1.165, 1.54) is 0 Å². The molecule has 2 aliphatic heterocycles. The summed E-state index contributed by atoms with van der Waals surface area (Å²) in [4.78, 5) is 43.2. The number of ether oxygens (including phenoxy) is 1. The van der Waals surface area contributed by atoms with Crippen molar-refractivity contribution in [3.8, 4) is 0 Å². The molecule has 2 aromatic rings. The van der Waals surface area contributed by atoms with Crippen LogP contribution in [0.25, 0.3) is 0 Å². The molecule has 1 atom stereocenters. The van der Waals surface area contributed by atoms with E-state index in [1.54, 1.807) is 40.1 Å². The fourth-order valence-corrected chi connectivity index (χ4v) is 4.85. The number of halogens is 1. The topological polar surface area (TPSA) is 79.0 Å². The first kappa shape index (κ1) is 24.2. The predicted octanol–water partition coefficient (Wildman–Crippen LogP) is 3.65. The number of rotatable bonds is 4. The third-order valence-electron chi connectivity index (χ3n) is 6.51. The Morgan fingerprint density at radius 1 is 1.03 bits per heavy atom. The van der Waals surface area contributed by atoms with E-state index in [0.29, 0.717) is 42.1 Å². The minimum absolute atomic E-state index is 0.0571. The second-order valence-electron chi connectivity index (χ2n) is 9.23. The molecule has 2 aliphatic rings. The zero-order chi connectivity index (χ0) is 24.5. The minimum Gasteiger partial charge on any atom is -0.353 e. The lowest BCUT2D eigenvalue weighted by molar-refractivity contribution is -0.128. The van der Waals surface area contributed by atoms with E-state index >= 15 is 0 Å². The van der Waals surface area contributed by atoms with Crippen LogP contribution in [0.15, 0.2) is 48.5 Å². The van der Waals surface area contributed by atoms with Crippen molar-refractivity contribution in [3.63, 3.8) is 0 Å². The molecular weight excluding hydrogens is 454 g/mol. The molecule has 1 spiro atoms. The lowest BCUT2D eigenvalue weighted by Crippen LogP contribution is -2.60. The Labute approximate surface area is 205 Å². The van der Waals surface area contributed by atoms with Gasteiger partial charge in [0.2, 0.25) is 5.91 Å². The van der Waals surface area contributed by atoms with Crippen molar-refractivity contribution >= 4 is 29.3 Å². The van der Waals surface area contributed by atoms with Gasteiger partial charge in [0.1, 0.15) is 11.8 Å². The fraction of sp³-hybridized carbons (Fsp3) is 0.423. The van der Waals surface area contributed by atoms with E-state index in [-0.39, 0.29) is 30.4 Å². The smallest absolute Gasteiger partial charge is 0.257 e. The molecule has 0 bridgehead atoms. The summed E-state index contributed by atoms with van der Waals surface area (Å²) >= 11 is 5.95. The minimum atomic E-state index is -0.935. The molecule has 2 aromatic carbocycles. The Morgan fingerprint density at radius 2 is 1.68 bits per heavy atom. The standard InChI is InChI=1S/C26H30ClN3O4/c1-17(2)28-23(31)22-16-34-26(30(22)25(33)21-7-5-4-6-18(21)3)12-14-29(15-13-26)24(32)19-8-10-20(27)11-9-19/h4-11,17,22H,12-16H2,1-3H3,(H,28,31)/t22-/m0/s1. The molecule has 2 heterocycles. The van der Waals surface area contributed by atoms with E-state index in [2.05, 4.69) is 5.32 Å². The van der Waals surface area contributed by atoms with Crippen LogP contribution in [-0.4, -0.2) is 65.0 Å². The summed E-state index contributed by atoms with van der Waals surface area (Å²) in [6.07, 6.45) is 0.852. The van der Waals surface area contributed by atoms with E-state index in [1.807, 2.05) is 39.0 Å². The van der Waals surface area contributed by atoms with Crippen molar-refractivity contribution in [3.05, 3.63) is 70.2 Å². The number of piperidine rings is 1. The predicted molar refractivity (Wildman–Crippen MR) is 130 cm³/mol. The van der Waals surface area contributed by atoms with E-state index in [4.69, 9.17) is 16.3 Å². The third kappa shape index (κ3) is 4.68. The summed E-state index contributed by atoms with van der Waals surface area (Å²) in [6.45, 7) is 6.61. The molecule has 0 saturated carbocycles. The maximum atomic E-state index is 13.8. The zero-order valence-electron chi connectivity index (χ0n) is 19.7. The van der Waals surface area contributed by atoms with Crippen LogP contribution in [0.3, 0.4) is 0 Å². The first-order valence-electron chi connectivity index (χ1n) is 11.6. The number of aryl methyl sites for hydroxylation is 1. The number of hydrogen-bond donors (Lipinski definition) is 1. The first-order chi connectivity index (χ1) is 16.2. The highest BCUT2D eigenvalue weighted by atomic mass is 35.5. The SMILES string of the molecule is Cc1ccccc1C(=O)N1[C@H](C(=O)NC(C)C)COC12CCN(C(=O)c1ccc(Cl)cc1)CC2. The molecule has 0 radical (unpaired) electrons. The molecule has 0 aromatic heterocycles. The number of carbonyl (C=O) groups is 3. The summed E-state index contributed by atoms with van der Waals surface area (Å²) in [5.74, 6) is -0.541. The van der Waals surface area contributed by atoms with Crippen molar-refractivity contribution in [2.24, 2.45) is 0 Å². The molecular formula is C26H30ClN3O4. The molecule has 0 aliphatic carbocycles. The molecule has 2 saturated heterocycles. The van der Waals surface area contributed by atoms with Gasteiger partial charge in [-0.15, -0.1) is 0 Å². The molecule has 3 amide bonds. The van der Waals surface area contributed by atoms with Gasteiger partial charge in [0.05, 0.1) is 6.61 Å². The molecule has 4 rings (SSSR count). The summed E-state index contributed by atoms with van der Waals surface area (Å²) in [5, 5.41) is 3.50. The second-order valence-corrected chi connectivity index (χ2v) is 9.66. The van der Waals surface area contributed by atoms with Crippen molar-refractivity contribution in [2.75, 3.05) is 19.7 Å². The van der Waals surface area contributed by atoms with Crippen molar-refractivity contribution in [1.29, 1.82) is 0 Å². The average Bonchev–Trinajstić information content (AvgIpc) is 3.18. The van der Waals surface area contributed by atoms with Gasteiger partial charge in [0, 0.05) is 48.1 Å². The number of nitrogens with zero attached hydrogens (tertiary/aromatic N) is 2. The van der Waals surface area contributed by atoms with Crippen molar-refractivity contribution in [2.45, 2.75) is 51.4 Å². The molecule has 180 valence electrons. The van der Waals surface area contributed by atoms with Gasteiger partial charge in [0.25, 0.3) is 11.8 Å². The normalized spacial score (nSPS) is 19.5. The molecule has 7 nitrogen and oxygen atoms in total. The van der Waals surface area contributed by atoms with Crippen LogP contribution in [0.2, 0.25) is 5.02 Å². The van der Waals surface area contributed by atoms with Gasteiger partial charge in [-0.2, -0.15) is 0 Å². The Bertz CT molecular complexity index is 1080. The summed E-state index contributed by atoms with van der Waals surface area (Å²) < 4.78 is 6.23. The highest BCUT2D eigenvalue weighted by Crippen LogP contribution is 2.39. The highest BCUT2D eigenvalue weighted by Gasteiger charge is 2.54. The highest BCUT2D eigenvalue weighted by molar-refractivity contribution is 6.30. The van der Waals surface area contributed by atoms with Crippen LogP contribution >= 0.6 is 11.6 Å². The third-order valence-corrected chi connectivity index (χ3v) is 6.76. The molecule has 0 unspecified atom stereocenters. The van der Waals surface area contributed by atoms with Gasteiger partial charge in [-0.1, -0.05) is 29.8 Å². The van der Waals surface area contributed by atoms with E-state index in [9.17, 15) is 14.4 Å². The van der Waals surface area contributed by atoms with Crippen LogP contribution < -0.4 is 5.32 Å². The first-order valence-corrected chi connectivity index (χ1v) is 12.0. The Kier molecular flexibility index (Phi) is 6.96. The largest absolute Gasteiger partial charge is 0.353 e. The number of hydrogen-bond acceptors (Lipinski definition) is 4. The fourth-order valence-electron chi connectivity index (χ4n) is 4.72. The number of nitrogens with one attached hydrogen (secondary N) is 1. The quantitative estimate of drug-likeness (QED) is 0.720. The number of amides is 3. The molecule has 34 heavy (non-hydrogen) atoms. The zero-order valence-corrected chi connectivity index (χ0v) is 20.5. The van der Waals surface area contributed by atoms with Gasteiger partial charge in [-0.25, -0.2) is 0 Å². The second kappa shape index (κ2) is 9.76. The molecule has 2 fully saturated rings. The number of carbonyl (C=O) groups excluding carboxylic acids is 3. The van der Waals surface area contributed by atoms with Gasteiger partial charge >= 0.3 is 0 Å². The maximum Gasteiger partial charge on any atom is 0.257 e. The molecule has 1 N–H and O–H groups in total. The van der Waals surface area contributed by atoms with Gasteiger partial charge < -0.3 is 15.0 Å². The average molecular weight is 484 g/mol. The summed E-state index contributed by atoms with van der Waals surface area (Å²) in [7, 11) is 0.